The van der Waals surface area contributed by atoms with Gasteiger partial charge in [0, 0.05) is 70.5 Å². The first kappa shape index (κ1) is 72.8. The molecule has 16 fully saturated rings. The molecule has 0 aromatic rings. The normalized spacial score (nSPS) is 37.7. The standard InChI is InChI=1S/C17H26O2.C14H20O3.C13H16O4.C12H14O5.C11H18O2.C8H10O4/c1-10(2)16(18)19-17(11(3)4)14-6-12-5-13(8-14)9-15(17)7-12;1-9(2)12(15)17-14-6-10-3-11(7-14)5-13(16,4-10)8-14;1-6(2)12(14)17-10-4-7-3-8(10)11-9(7)5-16-13(11)15;1-5(2)11(13)17-8-3-7-6-4-15-12(14)9(6)10(8)16-7;1-4-11(7-5-6-8-11)13-10(12)9(2)3;1-5(2)7(9)12-6-3-4-11-8(6)10/h11-15H,1,5-9H2,2-4H3;10-11,16H,1,3-8H2,2H3;7-11H,1,3-5H2,2H3;6-10H,1,3-4H2,2H3;2,4-8H2,1,3H3;6H,1,3-4H2,2H3. The van der Waals surface area contributed by atoms with Crippen LogP contribution in [0.1, 0.15) is 191 Å². The first-order valence-electron chi connectivity index (χ1n) is 34.8. The van der Waals surface area contributed by atoms with Crippen LogP contribution >= 0.6 is 0 Å². The highest BCUT2D eigenvalue weighted by molar-refractivity contribution is 5.91. The SMILES string of the molecule is C=C(C)C(=O)OC1(C(C)C)C2CC3CC(C2)CC1C3.C=C(C)C(=O)OC1(CC)CCCC1.C=C(C)C(=O)OC12CC3CC(CC(O)(C3)C1)C2.C=C(C)C(=O)OC1CC2CC1C1C(=O)OCC21.C=C(C)C(=O)OC1CC2OC1C1C(=O)OCC21.C=C(C)C(=O)OC1CCOC1=O. The van der Waals surface area contributed by atoms with Crippen molar-refractivity contribution in [2.45, 2.75) is 244 Å². The fraction of sp³-hybridized carbons (Fsp3) is 0.720. The predicted molar refractivity (Wildman–Crippen MR) is 346 cm³/mol. The van der Waals surface area contributed by atoms with E-state index >= 15 is 0 Å². The Hall–Kier alpha value is -6.41. The van der Waals surface area contributed by atoms with Crippen LogP contribution < -0.4 is 0 Å². The summed E-state index contributed by atoms with van der Waals surface area (Å²) in [5.74, 6) is 2.55. The van der Waals surface area contributed by atoms with E-state index in [9.17, 15) is 48.3 Å². The van der Waals surface area contributed by atoms with Gasteiger partial charge in [-0.3, -0.25) is 9.59 Å². The van der Waals surface area contributed by atoms with Gasteiger partial charge in [0.2, 0.25) is 6.10 Å². The molecular formula is C75H104O20. The molecule has 11 aliphatic carbocycles. The molecule has 0 amide bonds. The van der Waals surface area contributed by atoms with Gasteiger partial charge in [0.05, 0.1) is 43.4 Å². The molecule has 1 N–H and O–H groups in total. The topological polar surface area (TPSA) is 266 Å². The summed E-state index contributed by atoms with van der Waals surface area (Å²) in [7, 11) is 0. The first-order chi connectivity index (χ1) is 44.7. The van der Waals surface area contributed by atoms with Crippen molar-refractivity contribution in [1.82, 2.24) is 0 Å². The molecule has 0 spiro atoms. The molecule has 11 saturated carbocycles. The number of fused-ring (bicyclic) bond motifs is 10. The van der Waals surface area contributed by atoms with Gasteiger partial charge in [-0.15, -0.1) is 0 Å². The quantitative estimate of drug-likeness (QED) is 0.0962. The summed E-state index contributed by atoms with van der Waals surface area (Å²) >= 11 is 0. The van der Waals surface area contributed by atoms with Gasteiger partial charge in [-0.25, -0.2) is 33.6 Å². The molecular weight excluding hydrogens is 1220 g/mol. The van der Waals surface area contributed by atoms with E-state index in [-0.39, 0.29) is 101 Å². The van der Waals surface area contributed by atoms with Crippen molar-refractivity contribution in [3.8, 4) is 0 Å². The highest BCUT2D eigenvalue weighted by Gasteiger charge is 2.64. The van der Waals surface area contributed by atoms with Crippen LogP contribution in [0.3, 0.4) is 0 Å². The number of rotatable bonds is 14. The number of hydrogen-bond donors (Lipinski definition) is 1. The van der Waals surface area contributed by atoms with E-state index < -0.39 is 35.2 Å². The highest BCUT2D eigenvalue weighted by atomic mass is 16.6. The maximum atomic E-state index is 12.1. The average molecular weight is 1330 g/mol. The van der Waals surface area contributed by atoms with Crippen LogP contribution in [-0.2, 0) is 90.5 Å². The van der Waals surface area contributed by atoms with Crippen molar-refractivity contribution >= 4 is 53.7 Å². The third-order valence-corrected chi connectivity index (χ3v) is 23.0. The molecule has 16 aliphatic rings. The first-order valence-corrected chi connectivity index (χ1v) is 34.8. The molecule has 5 aliphatic heterocycles. The summed E-state index contributed by atoms with van der Waals surface area (Å²) in [6.07, 6.45) is 18.8. The Kier molecular flexibility index (Phi) is 22.5. The second-order valence-corrected chi connectivity index (χ2v) is 30.9. The van der Waals surface area contributed by atoms with E-state index in [0.717, 1.165) is 69.6 Å². The number of carbonyl (C=O) groups is 9. The van der Waals surface area contributed by atoms with Gasteiger partial charge < -0.3 is 52.5 Å². The van der Waals surface area contributed by atoms with Gasteiger partial charge in [0.1, 0.15) is 35.1 Å². The van der Waals surface area contributed by atoms with Crippen LogP contribution in [0, 0.1) is 76.9 Å². The lowest BCUT2D eigenvalue weighted by Crippen LogP contribution is -2.62. The lowest BCUT2D eigenvalue weighted by atomic mass is 9.47. The minimum atomic E-state index is -0.728. The van der Waals surface area contributed by atoms with Crippen molar-refractivity contribution in [3.63, 3.8) is 0 Å². The Morgan fingerprint density at radius 3 is 1.51 bits per heavy atom. The average Bonchev–Trinajstić information content (AvgIpc) is 1.10. The molecule has 524 valence electrons. The largest absolute Gasteiger partial charge is 0.465 e. The second kappa shape index (κ2) is 29.3. The van der Waals surface area contributed by atoms with Crippen LogP contribution in [-0.4, -0.2) is 132 Å². The van der Waals surface area contributed by atoms with Gasteiger partial charge in [0.15, 0.2) is 0 Å². The maximum Gasteiger partial charge on any atom is 0.347 e. The van der Waals surface area contributed by atoms with E-state index in [1.807, 2.05) is 0 Å². The lowest BCUT2D eigenvalue weighted by Gasteiger charge is -2.61. The zero-order valence-electron chi connectivity index (χ0n) is 57.6. The fourth-order valence-electron chi connectivity index (χ4n) is 19.1. The Labute approximate surface area is 560 Å². The molecule has 95 heavy (non-hydrogen) atoms. The maximum absolute atomic E-state index is 12.1. The number of cyclic esters (lactones) is 3. The third-order valence-electron chi connectivity index (χ3n) is 23.0. The van der Waals surface area contributed by atoms with Gasteiger partial charge in [-0.2, -0.15) is 0 Å². The van der Waals surface area contributed by atoms with Gasteiger partial charge in [0.25, 0.3) is 0 Å². The molecule has 20 heteroatoms. The highest BCUT2D eigenvalue weighted by Crippen LogP contribution is 2.63. The van der Waals surface area contributed by atoms with Crippen LogP contribution in [0.4, 0.5) is 0 Å². The Balaban J connectivity index is 0.000000135. The molecule has 0 aromatic heterocycles. The molecule has 5 heterocycles. The Morgan fingerprint density at radius 1 is 0.526 bits per heavy atom. The molecule has 0 radical (unpaired) electrons. The number of hydrogen-bond acceptors (Lipinski definition) is 20. The van der Waals surface area contributed by atoms with Gasteiger partial charge in [-0.1, -0.05) is 60.2 Å². The Morgan fingerprint density at radius 2 is 1.01 bits per heavy atom. The van der Waals surface area contributed by atoms with Gasteiger partial charge >= 0.3 is 53.7 Å². The summed E-state index contributed by atoms with van der Waals surface area (Å²) in [4.78, 5) is 103. The number of carbonyl (C=O) groups excluding carboxylic acids is 9. The van der Waals surface area contributed by atoms with E-state index in [4.69, 9.17) is 42.6 Å². The van der Waals surface area contributed by atoms with Crippen molar-refractivity contribution in [3.05, 3.63) is 72.9 Å². The molecule has 12 bridgehead atoms. The number of ether oxygens (including phenoxy) is 10. The summed E-state index contributed by atoms with van der Waals surface area (Å²) in [6, 6.07) is 0. The lowest BCUT2D eigenvalue weighted by molar-refractivity contribution is -0.221. The second-order valence-electron chi connectivity index (χ2n) is 30.9. The molecule has 13 unspecified atom stereocenters. The molecule has 16 rings (SSSR count). The summed E-state index contributed by atoms with van der Waals surface area (Å²) in [5, 5.41) is 10.5. The zero-order chi connectivity index (χ0) is 69.4. The number of esters is 9. The minimum Gasteiger partial charge on any atom is -0.465 e. The van der Waals surface area contributed by atoms with E-state index in [1.54, 1.807) is 34.6 Å². The van der Waals surface area contributed by atoms with Crippen LogP contribution in [0.5, 0.6) is 0 Å². The van der Waals surface area contributed by atoms with Crippen LogP contribution in [0.15, 0.2) is 72.9 Å². The van der Waals surface area contributed by atoms with E-state index in [0.29, 0.717) is 108 Å². The summed E-state index contributed by atoms with van der Waals surface area (Å²) in [6.45, 7) is 39.2. The third kappa shape index (κ3) is 15.9. The van der Waals surface area contributed by atoms with E-state index in [1.165, 1.54) is 58.3 Å². The van der Waals surface area contributed by atoms with E-state index in [2.05, 4.69) is 65.0 Å². The molecule has 5 saturated heterocycles. The molecule has 0 aromatic carbocycles. The van der Waals surface area contributed by atoms with Crippen LogP contribution in [0.2, 0.25) is 0 Å². The van der Waals surface area contributed by atoms with Crippen molar-refractivity contribution in [2.24, 2.45) is 76.9 Å². The minimum absolute atomic E-state index is 0.0145. The van der Waals surface area contributed by atoms with Crippen LogP contribution in [0.25, 0.3) is 0 Å². The van der Waals surface area contributed by atoms with Gasteiger partial charge in [-0.05, 0) is 198 Å². The molecule has 13 atom stereocenters. The summed E-state index contributed by atoms with van der Waals surface area (Å²) < 4.78 is 53.2. The van der Waals surface area contributed by atoms with Crippen molar-refractivity contribution in [1.29, 1.82) is 0 Å². The predicted octanol–water partition coefficient (Wildman–Crippen LogP) is 11.1. The monoisotopic (exact) mass is 1320 g/mol. The molecule has 20 nitrogen and oxygen atoms in total. The van der Waals surface area contributed by atoms with Crippen molar-refractivity contribution < 1.29 is 95.6 Å². The summed E-state index contributed by atoms with van der Waals surface area (Å²) in [5.41, 5.74) is 1.21. The number of aliphatic hydroxyl groups is 1. The zero-order valence-corrected chi connectivity index (χ0v) is 57.6. The smallest absolute Gasteiger partial charge is 0.347 e. The van der Waals surface area contributed by atoms with Crippen molar-refractivity contribution in [2.75, 3.05) is 19.8 Å². The Bertz CT molecular complexity index is 2950. The fourth-order valence-corrected chi connectivity index (χ4v) is 19.1.